The predicted molar refractivity (Wildman–Crippen MR) is 66.0 cm³/mol. The molecule has 1 aliphatic heterocycles. The molecule has 0 bridgehead atoms. The van der Waals surface area contributed by atoms with Crippen molar-refractivity contribution in [1.29, 1.82) is 0 Å². The van der Waals surface area contributed by atoms with Gasteiger partial charge in [0.15, 0.2) is 0 Å². The fraction of sp³-hybridized carbons (Fsp3) is 0.500. The highest BCUT2D eigenvalue weighted by Gasteiger charge is 2.19. The van der Waals surface area contributed by atoms with Crippen LogP contribution in [-0.4, -0.2) is 27.7 Å². The number of halogens is 1. The minimum atomic E-state index is -3.51. The Labute approximate surface area is 106 Å². The maximum atomic E-state index is 13.3. The van der Waals surface area contributed by atoms with Crippen LogP contribution in [0.1, 0.15) is 18.4 Å². The monoisotopic (exact) mass is 273 g/mol. The number of hydrogen-bond acceptors (Lipinski definition) is 3. The van der Waals surface area contributed by atoms with Crippen molar-refractivity contribution in [3.8, 4) is 0 Å². The van der Waals surface area contributed by atoms with Crippen LogP contribution < -0.4 is 4.72 Å². The summed E-state index contributed by atoms with van der Waals surface area (Å²) in [6.45, 7) is 0.941. The van der Waals surface area contributed by atoms with Crippen molar-refractivity contribution >= 4 is 10.0 Å². The summed E-state index contributed by atoms with van der Waals surface area (Å²) in [6, 6.07) is 5.88. The van der Waals surface area contributed by atoms with Crippen molar-refractivity contribution in [2.45, 2.75) is 24.7 Å². The Hall–Kier alpha value is -0.980. The van der Waals surface area contributed by atoms with Crippen LogP contribution in [0, 0.1) is 5.82 Å². The molecule has 1 saturated heterocycles. The molecule has 0 saturated carbocycles. The summed E-state index contributed by atoms with van der Waals surface area (Å²) in [5.41, 5.74) is 0.178. The van der Waals surface area contributed by atoms with Gasteiger partial charge < -0.3 is 4.74 Å². The van der Waals surface area contributed by atoms with Crippen LogP contribution in [0.3, 0.4) is 0 Å². The second-order valence-electron chi connectivity index (χ2n) is 4.33. The van der Waals surface area contributed by atoms with Crippen LogP contribution in [-0.2, 0) is 20.5 Å². The minimum absolute atomic E-state index is 0.0552. The predicted octanol–water partition coefficient (Wildman–Crippen LogP) is 1.42. The van der Waals surface area contributed by atoms with Crippen LogP contribution in [0.5, 0.6) is 0 Å². The molecule has 6 heteroatoms. The number of rotatable bonds is 5. The fourth-order valence-electron chi connectivity index (χ4n) is 1.90. The van der Waals surface area contributed by atoms with Gasteiger partial charge in [-0.2, -0.15) is 0 Å². The van der Waals surface area contributed by atoms with E-state index in [0.29, 0.717) is 6.61 Å². The zero-order valence-corrected chi connectivity index (χ0v) is 10.7. The van der Waals surface area contributed by atoms with E-state index in [1.165, 1.54) is 18.2 Å². The molecule has 4 nitrogen and oxygen atoms in total. The topological polar surface area (TPSA) is 55.4 Å². The molecule has 0 aromatic heterocycles. The molecule has 100 valence electrons. The normalized spacial score (nSPS) is 20.2. The minimum Gasteiger partial charge on any atom is -0.377 e. The Bertz CT molecular complexity index is 498. The van der Waals surface area contributed by atoms with E-state index in [1.807, 2.05) is 0 Å². The summed E-state index contributed by atoms with van der Waals surface area (Å²) >= 11 is 0. The molecular weight excluding hydrogens is 257 g/mol. The van der Waals surface area contributed by atoms with E-state index < -0.39 is 15.8 Å². The van der Waals surface area contributed by atoms with Gasteiger partial charge in [0.2, 0.25) is 10.0 Å². The van der Waals surface area contributed by atoms with Crippen molar-refractivity contribution in [2.75, 3.05) is 13.2 Å². The molecule has 1 aliphatic rings. The quantitative estimate of drug-likeness (QED) is 0.883. The summed E-state index contributed by atoms with van der Waals surface area (Å²) < 4.78 is 44.7. The van der Waals surface area contributed by atoms with Crippen LogP contribution in [0.4, 0.5) is 4.39 Å². The zero-order chi connectivity index (χ0) is 13.0. The first-order valence-electron chi connectivity index (χ1n) is 5.89. The molecule has 0 radical (unpaired) electrons. The van der Waals surface area contributed by atoms with Crippen LogP contribution in [0.2, 0.25) is 0 Å². The molecule has 18 heavy (non-hydrogen) atoms. The molecular formula is C12H16FNO3S. The third-order valence-electron chi connectivity index (χ3n) is 2.86. The van der Waals surface area contributed by atoms with Crippen LogP contribution >= 0.6 is 0 Å². The lowest BCUT2D eigenvalue weighted by atomic mass is 10.2. The zero-order valence-electron chi connectivity index (χ0n) is 9.93. The molecule has 0 aliphatic carbocycles. The summed E-state index contributed by atoms with van der Waals surface area (Å²) in [5.74, 6) is -0.841. The van der Waals surface area contributed by atoms with Crippen molar-refractivity contribution in [3.63, 3.8) is 0 Å². The first-order chi connectivity index (χ1) is 8.57. The molecule has 1 aromatic carbocycles. The summed E-state index contributed by atoms with van der Waals surface area (Å²) in [6.07, 6.45) is 1.77. The van der Waals surface area contributed by atoms with Gasteiger partial charge in [-0.3, -0.25) is 0 Å². The van der Waals surface area contributed by atoms with Gasteiger partial charge >= 0.3 is 0 Å². The molecule has 1 atom stereocenters. The largest absolute Gasteiger partial charge is 0.377 e. The first kappa shape index (κ1) is 13.5. The van der Waals surface area contributed by atoms with E-state index in [1.54, 1.807) is 6.07 Å². The third-order valence-corrected chi connectivity index (χ3v) is 4.16. The van der Waals surface area contributed by atoms with Gasteiger partial charge in [0, 0.05) is 18.7 Å². The highest BCUT2D eigenvalue weighted by Crippen LogP contribution is 2.13. The van der Waals surface area contributed by atoms with Crippen molar-refractivity contribution in [2.24, 2.45) is 0 Å². The lowest BCUT2D eigenvalue weighted by molar-refractivity contribution is 0.114. The first-order valence-corrected chi connectivity index (χ1v) is 7.54. The SMILES string of the molecule is O=S(=O)(Cc1ccccc1F)NC[C@@H]1CCCO1. The second-order valence-corrected chi connectivity index (χ2v) is 6.14. The molecule has 2 rings (SSSR count). The molecule has 1 aromatic rings. The van der Waals surface area contributed by atoms with Gasteiger partial charge in [-0.25, -0.2) is 17.5 Å². The maximum Gasteiger partial charge on any atom is 0.215 e. The molecule has 0 amide bonds. The molecule has 0 unspecified atom stereocenters. The Morgan fingerprint density at radius 2 is 2.17 bits per heavy atom. The molecule has 0 spiro atoms. The Morgan fingerprint density at radius 3 is 2.83 bits per heavy atom. The van der Waals surface area contributed by atoms with Crippen molar-refractivity contribution in [3.05, 3.63) is 35.6 Å². The summed E-state index contributed by atoms with van der Waals surface area (Å²) in [4.78, 5) is 0. The standard InChI is InChI=1S/C12H16FNO3S/c13-12-6-2-1-4-10(12)9-18(15,16)14-8-11-5-3-7-17-11/h1-2,4,6,11,14H,3,5,7-9H2/t11-/m0/s1. The average Bonchev–Trinajstić information content (AvgIpc) is 2.83. The van der Waals surface area contributed by atoms with Crippen molar-refractivity contribution in [1.82, 2.24) is 4.72 Å². The average molecular weight is 273 g/mol. The lowest BCUT2D eigenvalue weighted by Gasteiger charge is -2.11. The number of ether oxygens (including phenoxy) is 1. The number of nitrogens with one attached hydrogen (secondary N) is 1. The third kappa shape index (κ3) is 3.76. The van der Waals surface area contributed by atoms with E-state index in [2.05, 4.69) is 4.72 Å². The maximum absolute atomic E-state index is 13.3. The van der Waals surface area contributed by atoms with E-state index in [0.717, 1.165) is 12.8 Å². The molecule has 1 heterocycles. The van der Waals surface area contributed by atoms with Gasteiger partial charge in [0.05, 0.1) is 11.9 Å². The highest BCUT2D eigenvalue weighted by atomic mass is 32.2. The van der Waals surface area contributed by atoms with E-state index in [4.69, 9.17) is 4.74 Å². The molecule has 1 N–H and O–H groups in total. The summed E-state index contributed by atoms with van der Waals surface area (Å²) in [7, 11) is -3.51. The van der Waals surface area contributed by atoms with Gasteiger partial charge in [0.1, 0.15) is 5.82 Å². The second kappa shape index (κ2) is 5.77. The van der Waals surface area contributed by atoms with E-state index in [9.17, 15) is 12.8 Å². The van der Waals surface area contributed by atoms with Gasteiger partial charge in [0.25, 0.3) is 0 Å². The molecule has 1 fully saturated rings. The Balaban J connectivity index is 1.92. The Morgan fingerprint density at radius 1 is 1.39 bits per heavy atom. The van der Waals surface area contributed by atoms with Gasteiger partial charge in [-0.15, -0.1) is 0 Å². The van der Waals surface area contributed by atoms with E-state index in [-0.39, 0.29) is 24.0 Å². The smallest absolute Gasteiger partial charge is 0.215 e. The van der Waals surface area contributed by atoms with Gasteiger partial charge in [-0.05, 0) is 18.9 Å². The number of hydrogen-bond donors (Lipinski definition) is 1. The number of sulfonamides is 1. The number of benzene rings is 1. The van der Waals surface area contributed by atoms with Crippen molar-refractivity contribution < 1.29 is 17.5 Å². The van der Waals surface area contributed by atoms with E-state index >= 15 is 0 Å². The summed E-state index contributed by atoms with van der Waals surface area (Å²) in [5, 5.41) is 0. The fourth-order valence-corrected chi connectivity index (χ4v) is 3.08. The van der Waals surface area contributed by atoms with Crippen LogP contribution in [0.15, 0.2) is 24.3 Å². The van der Waals surface area contributed by atoms with Gasteiger partial charge in [-0.1, -0.05) is 18.2 Å². The van der Waals surface area contributed by atoms with Crippen LogP contribution in [0.25, 0.3) is 0 Å². The highest BCUT2D eigenvalue weighted by molar-refractivity contribution is 7.88. The lowest BCUT2D eigenvalue weighted by Crippen LogP contribution is -2.32. The Kier molecular flexibility index (Phi) is 4.31.